The van der Waals surface area contributed by atoms with Gasteiger partial charge in [-0.25, -0.2) is 4.57 Å². The van der Waals surface area contributed by atoms with Gasteiger partial charge in [-0.2, -0.15) is 0 Å². The lowest BCUT2D eigenvalue weighted by molar-refractivity contribution is -0.161. The molecule has 0 aromatic carbocycles. The fourth-order valence-electron chi connectivity index (χ4n) is 6.55. The Morgan fingerprint density at radius 2 is 0.881 bits per heavy atom. The molecule has 0 heterocycles. The summed E-state index contributed by atoms with van der Waals surface area (Å²) in [4.78, 5) is 35.1. The summed E-state index contributed by atoms with van der Waals surface area (Å²) < 4.78 is 32.8. The van der Waals surface area contributed by atoms with Crippen LogP contribution in [0.15, 0.2) is 36.5 Å². The molecule has 346 valence electrons. The monoisotopic (exact) mass is 857 g/mol. The van der Waals surface area contributed by atoms with E-state index in [4.69, 9.17) is 23.6 Å². The van der Waals surface area contributed by atoms with Crippen LogP contribution in [0.4, 0.5) is 0 Å². The number of carbonyl (C=O) groups excluding carboxylic acids is 2. The van der Waals surface area contributed by atoms with Gasteiger partial charge in [0.1, 0.15) is 12.7 Å². The van der Waals surface area contributed by atoms with Gasteiger partial charge in [0.15, 0.2) is 6.10 Å². The number of phosphoric ester groups is 1. The first kappa shape index (κ1) is 57.2. The second-order valence-corrected chi connectivity index (χ2v) is 17.6. The van der Waals surface area contributed by atoms with Gasteiger partial charge in [0, 0.05) is 12.8 Å². The van der Waals surface area contributed by atoms with Crippen molar-refractivity contribution in [2.45, 2.75) is 232 Å². The first-order chi connectivity index (χ1) is 28.7. The molecule has 0 rings (SSSR count). The first-order valence-electron chi connectivity index (χ1n) is 23.9. The van der Waals surface area contributed by atoms with Gasteiger partial charge < -0.3 is 24.6 Å². The number of ether oxygens (including phenoxy) is 2. The number of aliphatic hydroxyl groups is 2. The molecule has 0 saturated carbocycles. The summed E-state index contributed by atoms with van der Waals surface area (Å²) in [5.74, 6) is -0.938. The minimum Gasteiger partial charge on any atom is -0.462 e. The van der Waals surface area contributed by atoms with Crippen molar-refractivity contribution >= 4 is 19.8 Å². The molecule has 0 fully saturated rings. The molecule has 3 atom stereocenters. The maximum Gasteiger partial charge on any atom is 0.472 e. The Kier molecular flexibility index (Phi) is 42.9. The van der Waals surface area contributed by atoms with Crippen molar-refractivity contribution in [3.63, 3.8) is 0 Å². The van der Waals surface area contributed by atoms with Crippen LogP contribution in [0, 0.1) is 0 Å². The fraction of sp³-hybridized carbons (Fsp3) is 0.833. The van der Waals surface area contributed by atoms with E-state index in [0.717, 1.165) is 64.2 Å². The Morgan fingerprint density at radius 3 is 1.36 bits per heavy atom. The van der Waals surface area contributed by atoms with Gasteiger partial charge in [0.2, 0.25) is 0 Å². The summed E-state index contributed by atoms with van der Waals surface area (Å²) in [6.45, 7) is 2.36. The van der Waals surface area contributed by atoms with E-state index in [1.807, 2.05) is 0 Å². The Morgan fingerprint density at radius 1 is 0.508 bits per heavy atom. The van der Waals surface area contributed by atoms with E-state index in [-0.39, 0.29) is 19.4 Å². The van der Waals surface area contributed by atoms with Crippen molar-refractivity contribution < 1.29 is 47.8 Å². The van der Waals surface area contributed by atoms with E-state index in [2.05, 4.69) is 50.3 Å². The van der Waals surface area contributed by atoms with E-state index in [9.17, 15) is 24.2 Å². The highest BCUT2D eigenvalue weighted by Gasteiger charge is 2.27. The van der Waals surface area contributed by atoms with Crippen LogP contribution < -0.4 is 0 Å². The van der Waals surface area contributed by atoms with Crippen LogP contribution in [0.1, 0.15) is 219 Å². The molecule has 3 N–H and O–H groups in total. The van der Waals surface area contributed by atoms with E-state index in [0.29, 0.717) is 12.8 Å². The minimum atomic E-state index is -4.62. The largest absolute Gasteiger partial charge is 0.472 e. The Balaban J connectivity index is 4.21. The minimum absolute atomic E-state index is 0.168. The lowest BCUT2D eigenvalue weighted by Gasteiger charge is -2.20. The number of phosphoric acid groups is 1. The van der Waals surface area contributed by atoms with E-state index in [1.165, 1.54) is 116 Å². The van der Waals surface area contributed by atoms with Gasteiger partial charge in [-0.3, -0.25) is 18.6 Å². The van der Waals surface area contributed by atoms with Gasteiger partial charge >= 0.3 is 19.8 Å². The molecule has 0 bridgehead atoms. The Hall–Kier alpha value is -1.81. The van der Waals surface area contributed by atoms with Crippen LogP contribution in [0.5, 0.6) is 0 Å². The normalized spacial score (nSPS) is 14.1. The summed E-state index contributed by atoms with van der Waals surface area (Å²) in [5.41, 5.74) is 0. The van der Waals surface area contributed by atoms with Crippen LogP contribution >= 0.6 is 7.82 Å². The summed E-state index contributed by atoms with van der Waals surface area (Å²) in [6, 6.07) is 0. The average molecular weight is 857 g/mol. The van der Waals surface area contributed by atoms with Gasteiger partial charge in [0.05, 0.1) is 19.8 Å². The average Bonchev–Trinajstić information content (AvgIpc) is 3.22. The zero-order valence-corrected chi connectivity index (χ0v) is 38.6. The Bertz CT molecular complexity index is 1080. The van der Waals surface area contributed by atoms with Crippen molar-refractivity contribution in [3.8, 4) is 0 Å². The van der Waals surface area contributed by atoms with E-state index < -0.39 is 51.8 Å². The number of unbranched alkanes of at least 4 members (excludes halogenated alkanes) is 25. The smallest absolute Gasteiger partial charge is 0.462 e. The highest BCUT2D eigenvalue weighted by atomic mass is 31.2. The van der Waals surface area contributed by atoms with E-state index >= 15 is 0 Å². The van der Waals surface area contributed by atoms with Crippen LogP contribution in [0.3, 0.4) is 0 Å². The third-order valence-electron chi connectivity index (χ3n) is 10.3. The van der Waals surface area contributed by atoms with Gasteiger partial charge in [-0.05, 0) is 70.6 Å². The molecule has 0 aromatic heterocycles. The highest BCUT2D eigenvalue weighted by molar-refractivity contribution is 7.47. The molecule has 0 radical (unpaired) electrons. The lowest BCUT2D eigenvalue weighted by atomic mass is 10.1. The lowest BCUT2D eigenvalue weighted by Crippen LogP contribution is -2.29. The quantitative estimate of drug-likeness (QED) is 0.0234. The maximum absolute atomic E-state index is 12.6. The van der Waals surface area contributed by atoms with Crippen molar-refractivity contribution in [1.82, 2.24) is 0 Å². The number of rotatable bonds is 45. The number of hydrogen-bond donors (Lipinski definition) is 3. The molecule has 0 aliphatic heterocycles. The second kappa shape index (κ2) is 44.3. The summed E-state index contributed by atoms with van der Waals surface area (Å²) >= 11 is 0. The van der Waals surface area contributed by atoms with Gasteiger partial charge in [-0.1, -0.05) is 172 Å². The predicted molar refractivity (Wildman–Crippen MR) is 242 cm³/mol. The number of carbonyl (C=O) groups is 2. The van der Waals surface area contributed by atoms with Crippen LogP contribution in [0.2, 0.25) is 0 Å². The highest BCUT2D eigenvalue weighted by Crippen LogP contribution is 2.43. The predicted octanol–water partition coefficient (Wildman–Crippen LogP) is 13.1. The van der Waals surface area contributed by atoms with Crippen LogP contribution in [-0.2, 0) is 32.7 Å². The molecule has 0 aliphatic carbocycles. The van der Waals surface area contributed by atoms with Crippen molar-refractivity contribution in [3.05, 3.63) is 36.5 Å². The Labute approximate surface area is 361 Å². The van der Waals surface area contributed by atoms with Gasteiger partial charge in [0.25, 0.3) is 0 Å². The third-order valence-corrected chi connectivity index (χ3v) is 11.2. The molecule has 0 aliphatic rings. The fourth-order valence-corrected chi connectivity index (χ4v) is 7.34. The molecule has 0 saturated heterocycles. The zero-order valence-electron chi connectivity index (χ0n) is 37.7. The number of esters is 2. The molecular formula is C48H89O10P. The SMILES string of the molecule is CCCCC/C=C\C/C=C\CCCCCCCC(=O)OC(COC(=O)CCCCCCCCCCC/C=C\CCCCCCCCCC)COP(=O)(O)OCC(O)CO. The maximum atomic E-state index is 12.6. The third kappa shape index (κ3) is 44.1. The molecule has 11 heteroatoms. The molecule has 0 amide bonds. The second-order valence-electron chi connectivity index (χ2n) is 16.1. The molecule has 3 unspecified atom stereocenters. The van der Waals surface area contributed by atoms with Crippen molar-refractivity contribution in [2.24, 2.45) is 0 Å². The zero-order chi connectivity index (χ0) is 43.3. The van der Waals surface area contributed by atoms with Crippen molar-refractivity contribution in [1.29, 1.82) is 0 Å². The number of aliphatic hydroxyl groups excluding tert-OH is 2. The number of allylic oxidation sites excluding steroid dienone is 6. The first-order valence-corrected chi connectivity index (χ1v) is 25.4. The molecular weight excluding hydrogens is 767 g/mol. The molecule has 10 nitrogen and oxygen atoms in total. The van der Waals surface area contributed by atoms with Gasteiger partial charge in [-0.15, -0.1) is 0 Å². The molecule has 0 spiro atoms. The van der Waals surface area contributed by atoms with Crippen molar-refractivity contribution in [2.75, 3.05) is 26.4 Å². The number of hydrogen-bond acceptors (Lipinski definition) is 9. The van der Waals surface area contributed by atoms with Crippen LogP contribution in [-0.4, -0.2) is 65.7 Å². The summed E-state index contributed by atoms with van der Waals surface area (Å²) in [6.07, 6.45) is 46.8. The van der Waals surface area contributed by atoms with Crippen LogP contribution in [0.25, 0.3) is 0 Å². The summed E-state index contributed by atoms with van der Waals surface area (Å²) in [7, 11) is -4.62. The summed E-state index contributed by atoms with van der Waals surface area (Å²) in [5, 5.41) is 18.4. The molecule has 59 heavy (non-hydrogen) atoms. The topological polar surface area (TPSA) is 149 Å². The van der Waals surface area contributed by atoms with E-state index in [1.54, 1.807) is 0 Å². The molecule has 0 aromatic rings. The standard InChI is InChI=1S/C48H89O10P/c1-3-5-7-9-11-13-15-17-19-20-21-22-23-24-26-27-29-31-33-35-37-39-47(51)55-43-46(44-57-59(53,54)56-42-45(50)41-49)58-48(52)40-38-36-34-32-30-28-25-18-16-14-12-10-8-6-4-2/h12,14,18,20-21,25,45-46,49-50H,3-11,13,15-17,19,22-24,26-44H2,1-2H3,(H,53,54)/b14-12-,21-20-,25-18-.